The zero-order valence-electron chi connectivity index (χ0n) is 9.15. The second-order valence-electron chi connectivity index (χ2n) is 3.71. The number of benzene rings is 2. The third-order valence-corrected chi connectivity index (χ3v) is 2.54. The molecule has 0 aliphatic rings. The zero-order chi connectivity index (χ0) is 14.3. The highest BCUT2D eigenvalue weighted by Gasteiger charge is 2.24. The minimum absolute atomic E-state index is 0.391. The first-order valence-electron chi connectivity index (χ1n) is 4.95. The van der Waals surface area contributed by atoms with Crippen LogP contribution in [0.4, 0.5) is 13.2 Å². The Morgan fingerprint density at radius 3 is 1.95 bits per heavy atom. The molecule has 19 heavy (non-hydrogen) atoms. The Hall–Kier alpha value is -2.57. The van der Waals surface area contributed by atoms with Crippen molar-refractivity contribution in [3.05, 3.63) is 35.7 Å². The molecule has 0 unspecified atom stereocenters. The van der Waals surface area contributed by atoms with Gasteiger partial charge in [-0.3, -0.25) is 0 Å². The predicted molar refractivity (Wildman–Crippen MR) is 58.4 cm³/mol. The second kappa shape index (κ2) is 4.27. The highest BCUT2D eigenvalue weighted by Crippen LogP contribution is 2.45. The van der Waals surface area contributed by atoms with Gasteiger partial charge in [0.2, 0.25) is 5.82 Å². The van der Waals surface area contributed by atoms with Crippen LogP contribution in [0.2, 0.25) is 0 Å². The maximum absolute atomic E-state index is 13.6. The topological polar surface area (TPSA) is 80.9 Å². The number of halogens is 3. The van der Waals surface area contributed by atoms with E-state index in [0.717, 1.165) is 12.1 Å². The van der Waals surface area contributed by atoms with E-state index in [2.05, 4.69) is 0 Å². The molecule has 0 atom stereocenters. The van der Waals surface area contributed by atoms with Crippen molar-refractivity contribution >= 4 is 0 Å². The van der Waals surface area contributed by atoms with Gasteiger partial charge in [-0.15, -0.1) is 0 Å². The van der Waals surface area contributed by atoms with E-state index in [1.807, 2.05) is 0 Å². The molecule has 2 rings (SSSR count). The fourth-order valence-corrected chi connectivity index (χ4v) is 1.60. The van der Waals surface area contributed by atoms with E-state index in [1.54, 1.807) is 0 Å². The summed E-state index contributed by atoms with van der Waals surface area (Å²) in [5.74, 6) is -8.87. The SMILES string of the molecule is Oc1ccc(O)c(-c2cc(F)c(O)c(F)c2F)c1O. The second-order valence-corrected chi connectivity index (χ2v) is 3.71. The maximum atomic E-state index is 13.6. The number of phenols is 4. The van der Waals surface area contributed by atoms with Crippen molar-refractivity contribution in [3.63, 3.8) is 0 Å². The number of rotatable bonds is 1. The Balaban J connectivity index is 2.84. The normalized spacial score (nSPS) is 10.7. The standard InChI is InChI=1S/C12H7F3O4/c13-5-3-4(9(14)10(15)11(5)18)8-6(16)1-2-7(17)12(8)19/h1-3,16-19H. The molecule has 0 saturated carbocycles. The molecule has 2 aromatic rings. The van der Waals surface area contributed by atoms with Crippen LogP contribution in [-0.2, 0) is 0 Å². The molecule has 0 aromatic heterocycles. The lowest BCUT2D eigenvalue weighted by molar-refractivity contribution is 0.376. The van der Waals surface area contributed by atoms with E-state index in [-0.39, 0.29) is 0 Å². The molecule has 0 bridgehead atoms. The molecule has 100 valence electrons. The van der Waals surface area contributed by atoms with Gasteiger partial charge >= 0.3 is 0 Å². The van der Waals surface area contributed by atoms with Gasteiger partial charge in [0.15, 0.2) is 28.9 Å². The Morgan fingerprint density at radius 1 is 0.737 bits per heavy atom. The summed E-state index contributed by atoms with van der Waals surface area (Å²) in [6, 6.07) is 2.22. The van der Waals surface area contributed by atoms with Crippen molar-refractivity contribution in [1.29, 1.82) is 0 Å². The highest BCUT2D eigenvalue weighted by molar-refractivity contribution is 5.79. The van der Waals surface area contributed by atoms with Crippen molar-refractivity contribution in [1.82, 2.24) is 0 Å². The zero-order valence-corrected chi connectivity index (χ0v) is 9.15. The Kier molecular flexibility index (Phi) is 2.89. The minimum atomic E-state index is -1.86. The molecule has 0 fully saturated rings. The van der Waals surface area contributed by atoms with Crippen LogP contribution in [0.1, 0.15) is 0 Å². The van der Waals surface area contributed by atoms with E-state index in [4.69, 9.17) is 5.11 Å². The van der Waals surface area contributed by atoms with E-state index in [9.17, 15) is 28.5 Å². The van der Waals surface area contributed by atoms with Crippen LogP contribution in [0, 0.1) is 17.5 Å². The lowest BCUT2D eigenvalue weighted by atomic mass is 10.0. The summed E-state index contributed by atoms with van der Waals surface area (Å²) in [6.45, 7) is 0. The summed E-state index contributed by atoms with van der Waals surface area (Å²) in [6.07, 6.45) is 0. The number of hydrogen-bond donors (Lipinski definition) is 4. The largest absolute Gasteiger partial charge is 0.507 e. The highest BCUT2D eigenvalue weighted by atomic mass is 19.2. The number of hydrogen-bond acceptors (Lipinski definition) is 4. The number of phenolic OH excluding ortho intramolecular Hbond substituents is 4. The summed E-state index contributed by atoms with van der Waals surface area (Å²) in [5, 5.41) is 37.2. The van der Waals surface area contributed by atoms with Gasteiger partial charge in [-0.1, -0.05) is 0 Å². The van der Waals surface area contributed by atoms with Crippen LogP contribution in [-0.4, -0.2) is 20.4 Å². The van der Waals surface area contributed by atoms with E-state index in [0.29, 0.717) is 6.07 Å². The lowest BCUT2D eigenvalue weighted by Crippen LogP contribution is -1.94. The Morgan fingerprint density at radius 2 is 1.32 bits per heavy atom. The average molecular weight is 272 g/mol. The van der Waals surface area contributed by atoms with Gasteiger partial charge in [0.1, 0.15) is 5.75 Å². The van der Waals surface area contributed by atoms with E-state index < -0.39 is 51.6 Å². The molecular weight excluding hydrogens is 265 g/mol. The molecule has 4 N–H and O–H groups in total. The quantitative estimate of drug-likeness (QED) is 0.365. The van der Waals surface area contributed by atoms with Crippen LogP contribution in [0.3, 0.4) is 0 Å². The monoisotopic (exact) mass is 272 g/mol. The third kappa shape index (κ3) is 1.88. The molecule has 0 saturated heterocycles. The molecule has 2 aromatic carbocycles. The van der Waals surface area contributed by atoms with Crippen molar-refractivity contribution in [3.8, 4) is 34.1 Å². The van der Waals surface area contributed by atoms with Crippen LogP contribution in [0.15, 0.2) is 18.2 Å². The molecule has 0 radical (unpaired) electrons. The lowest BCUT2D eigenvalue weighted by Gasteiger charge is -2.11. The molecule has 0 aliphatic heterocycles. The van der Waals surface area contributed by atoms with Gasteiger partial charge in [-0.05, 0) is 18.2 Å². The number of aromatic hydroxyl groups is 4. The van der Waals surface area contributed by atoms with E-state index >= 15 is 0 Å². The van der Waals surface area contributed by atoms with Gasteiger partial charge in [0, 0.05) is 5.56 Å². The van der Waals surface area contributed by atoms with Crippen LogP contribution in [0.5, 0.6) is 23.0 Å². The van der Waals surface area contributed by atoms with Gasteiger partial charge in [-0.2, -0.15) is 4.39 Å². The average Bonchev–Trinajstić information content (AvgIpc) is 2.38. The summed E-state index contributed by atoms with van der Waals surface area (Å²) < 4.78 is 40.0. The van der Waals surface area contributed by atoms with Crippen LogP contribution < -0.4 is 0 Å². The van der Waals surface area contributed by atoms with Crippen LogP contribution >= 0.6 is 0 Å². The molecule has 0 heterocycles. The first kappa shape index (κ1) is 12.9. The molecule has 0 spiro atoms. The van der Waals surface area contributed by atoms with Gasteiger partial charge in [-0.25, -0.2) is 8.78 Å². The molecule has 7 heteroatoms. The summed E-state index contributed by atoms with van der Waals surface area (Å²) in [5.41, 5.74) is -1.52. The third-order valence-electron chi connectivity index (χ3n) is 2.54. The van der Waals surface area contributed by atoms with Crippen molar-refractivity contribution in [2.75, 3.05) is 0 Å². The van der Waals surface area contributed by atoms with Crippen molar-refractivity contribution in [2.45, 2.75) is 0 Å². The van der Waals surface area contributed by atoms with Crippen molar-refractivity contribution in [2.24, 2.45) is 0 Å². The smallest absolute Gasteiger partial charge is 0.204 e. The fraction of sp³-hybridized carbons (Fsp3) is 0. The van der Waals surface area contributed by atoms with Gasteiger partial charge in [0.05, 0.1) is 5.56 Å². The summed E-state index contributed by atoms with van der Waals surface area (Å²) in [7, 11) is 0. The van der Waals surface area contributed by atoms with Gasteiger partial charge < -0.3 is 20.4 Å². The molecule has 0 amide bonds. The van der Waals surface area contributed by atoms with Crippen LogP contribution in [0.25, 0.3) is 11.1 Å². The first-order valence-corrected chi connectivity index (χ1v) is 4.95. The maximum Gasteiger partial charge on any atom is 0.204 e. The fourth-order valence-electron chi connectivity index (χ4n) is 1.60. The van der Waals surface area contributed by atoms with Gasteiger partial charge in [0.25, 0.3) is 0 Å². The summed E-state index contributed by atoms with van der Waals surface area (Å²) >= 11 is 0. The molecular formula is C12H7F3O4. The first-order chi connectivity index (χ1) is 8.84. The van der Waals surface area contributed by atoms with Crippen molar-refractivity contribution < 1.29 is 33.6 Å². The Bertz CT molecular complexity index is 671. The molecule has 4 nitrogen and oxygen atoms in total. The minimum Gasteiger partial charge on any atom is -0.507 e. The predicted octanol–water partition coefficient (Wildman–Crippen LogP) is 2.59. The Labute approximate surface area is 104 Å². The van der Waals surface area contributed by atoms with E-state index in [1.165, 1.54) is 0 Å². The molecule has 0 aliphatic carbocycles. The summed E-state index contributed by atoms with van der Waals surface area (Å²) in [4.78, 5) is 0.